The molecule has 2 aromatic carbocycles. The molecular weight excluding hydrogens is 255 g/mol. The molecule has 2 atom stereocenters. The van der Waals surface area contributed by atoms with Gasteiger partial charge in [-0.1, -0.05) is 24.3 Å². The van der Waals surface area contributed by atoms with Crippen LogP contribution in [0, 0.1) is 12.7 Å². The van der Waals surface area contributed by atoms with E-state index in [4.69, 9.17) is 4.74 Å². The summed E-state index contributed by atoms with van der Waals surface area (Å²) in [6.45, 7) is 1.70. The van der Waals surface area contributed by atoms with E-state index < -0.39 is 6.10 Å². The van der Waals surface area contributed by atoms with Gasteiger partial charge in [0.15, 0.2) is 0 Å². The van der Waals surface area contributed by atoms with Crippen LogP contribution in [0.5, 0.6) is 5.75 Å². The Kier molecular flexibility index (Phi) is 3.45. The molecule has 0 amide bonds. The Balaban J connectivity index is 1.81. The van der Waals surface area contributed by atoms with Gasteiger partial charge in [0, 0.05) is 0 Å². The van der Waals surface area contributed by atoms with Crippen LogP contribution in [0.2, 0.25) is 0 Å². The normalized spacial score (nSPS) is 21.4. The fraction of sp³-hybridized carbons (Fsp3) is 0.294. The Labute approximate surface area is 117 Å². The first-order valence-electron chi connectivity index (χ1n) is 6.84. The van der Waals surface area contributed by atoms with Crippen molar-refractivity contribution in [3.05, 3.63) is 65.0 Å². The van der Waals surface area contributed by atoms with Crippen molar-refractivity contribution in [3.63, 3.8) is 0 Å². The molecule has 1 aliphatic rings. The predicted octanol–water partition coefficient (Wildman–Crippen LogP) is 3.56. The Morgan fingerprint density at radius 3 is 2.80 bits per heavy atom. The number of rotatable bonds is 2. The summed E-state index contributed by atoms with van der Waals surface area (Å²) in [7, 11) is 0. The van der Waals surface area contributed by atoms with Crippen molar-refractivity contribution < 1.29 is 14.2 Å². The number of hydrogen-bond acceptors (Lipinski definition) is 2. The van der Waals surface area contributed by atoms with Crippen LogP contribution in [0.4, 0.5) is 4.39 Å². The summed E-state index contributed by atoms with van der Waals surface area (Å²) in [5.41, 5.74) is 2.66. The largest absolute Gasteiger partial charge is 0.487 e. The lowest BCUT2D eigenvalue weighted by molar-refractivity contribution is 0.0230. The first-order valence-corrected chi connectivity index (χ1v) is 6.84. The first-order chi connectivity index (χ1) is 9.65. The van der Waals surface area contributed by atoms with Gasteiger partial charge in [-0.2, -0.15) is 0 Å². The van der Waals surface area contributed by atoms with Crippen LogP contribution in [0.1, 0.15) is 29.2 Å². The molecule has 0 spiro atoms. The smallest absolute Gasteiger partial charge is 0.129 e. The number of halogens is 1. The van der Waals surface area contributed by atoms with Gasteiger partial charge < -0.3 is 9.84 Å². The quantitative estimate of drug-likeness (QED) is 0.905. The molecule has 0 radical (unpaired) electrons. The molecule has 20 heavy (non-hydrogen) atoms. The summed E-state index contributed by atoms with van der Waals surface area (Å²) in [6.07, 6.45) is 0.729. The Morgan fingerprint density at radius 1 is 1.20 bits per heavy atom. The van der Waals surface area contributed by atoms with Gasteiger partial charge in [-0.05, 0) is 54.7 Å². The predicted molar refractivity (Wildman–Crippen MR) is 75.3 cm³/mol. The molecule has 0 saturated carbocycles. The van der Waals surface area contributed by atoms with Gasteiger partial charge in [-0.15, -0.1) is 0 Å². The summed E-state index contributed by atoms with van der Waals surface area (Å²) in [5.74, 6) is 0.360. The SMILES string of the molecule is Cc1cc(OC2CCc3ccccc3C2O)ccc1F. The zero-order valence-corrected chi connectivity index (χ0v) is 11.3. The number of benzene rings is 2. The van der Waals surface area contributed by atoms with Crippen LogP contribution in [-0.4, -0.2) is 11.2 Å². The van der Waals surface area contributed by atoms with Gasteiger partial charge in [-0.25, -0.2) is 4.39 Å². The highest BCUT2D eigenvalue weighted by Gasteiger charge is 2.29. The van der Waals surface area contributed by atoms with E-state index in [0.29, 0.717) is 11.3 Å². The molecule has 0 saturated heterocycles. The Morgan fingerprint density at radius 2 is 2.00 bits per heavy atom. The highest BCUT2D eigenvalue weighted by molar-refractivity contribution is 5.34. The summed E-state index contributed by atoms with van der Waals surface area (Å²) in [4.78, 5) is 0. The van der Waals surface area contributed by atoms with Gasteiger partial charge >= 0.3 is 0 Å². The standard InChI is InChI=1S/C17H17FO2/c1-11-10-13(7-8-15(11)18)20-16-9-6-12-4-2-3-5-14(12)17(16)19/h2-5,7-8,10,16-17,19H,6,9H2,1H3. The number of hydrogen-bond donors (Lipinski definition) is 1. The van der Waals surface area contributed by atoms with Crippen LogP contribution in [0.15, 0.2) is 42.5 Å². The highest BCUT2D eigenvalue weighted by atomic mass is 19.1. The second kappa shape index (κ2) is 5.25. The first kappa shape index (κ1) is 13.1. The van der Waals surface area contributed by atoms with Crippen LogP contribution in [0.25, 0.3) is 0 Å². The topological polar surface area (TPSA) is 29.5 Å². The molecular formula is C17H17FO2. The molecule has 1 N–H and O–H groups in total. The molecule has 104 valence electrons. The maximum atomic E-state index is 13.2. The minimum atomic E-state index is -0.634. The summed E-state index contributed by atoms with van der Waals surface area (Å²) in [6, 6.07) is 12.6. The molecule has 2 unspecified atom stereocenters. The van der Waals surface area contributed by atoms with E-state index in [1.54, 1.807) is 19.1 Å². The molecule has 0 heterocycles. The number of aliphatic hydroxyl groups excluding tert-OH is 1. The molecule has 0 aromatic heterocycles. The maximum Gasteiger partial charge on any atom is 0.129 e. The summed E-state index contributed by atoms with van der Waals surface area (Å²) < 4.78 is 19.1. The minimum absolute atomic E-state index is 0.244. The Hall–Kier alpha value is -1.87. The van der Waals surface area contributed by atoms with Gasteiger partial charge in [0.05, 0.1) is 0 Å². The van der Waals surface area contributed by atoms with E-state index in [9.17, 15) is 9.50 Å². The third-order valence-electron chi connectivity index (χ3n) is 3.84. The van der Waals surface area contributed by atoms with Crippen LogP contribution in [0.3, 0.4) is 0 Å². The minimum Gasteiger partial charge on any atom is -0.487 e. The van der Waals surface area contributed by atoms with E-state index in [-0.39, 0.29) is 11.9 Å². The second-order valence-electron chi connectivity index (χ2n) is 5.25. The monoisotopic (exact) mass is 272 g/mol. The second-order valence-corrected chi connectivity index (χ2v) is 5.25. The van der Waals surface area contributed by atoms with Crippen molar-refractivity contribution in [2.45, 2.75) is 32.0 Å². The highest BCUT2D eigenvalue weighted by Crippen LogP contribution is 2.32. The number of fused-ring (bicyclic) bond motifs is 1. The van der Waals surface area contributed by atoms with Crippen molar-refractivity contribution >= 4 is 0 Å². The van der Waals surface area contributed by atoms with E-state index >= 15 is 0 Å². The maximum absolute atomic E-state index is 13.2. The average Bonchev–Trinajstić information content (AvgIpc) is 2.46. The fourth-order valence-electron chi connectivity index (χ4n) is 2.69. The lowest BCUT2D eigenvalue weighted by Gasteiger charge is -2.30. The zero-order valence-electron chi connectivity index (χ0n) is 11.3. The number of ether oxygens (including phenoxy) is 1. The van der Waals surface area contributed by atoms with E-state index in [1.807, 2.05) is 24.3 Å². The molecule has 0 aliphatic heterocycles. The third kappa shape index (κ3) is 2.41. The Bertz CT molecular complexity index is 624. The molecule has 1 aliphatic carbocycles. The third-order valence-corrected chi connectivity index (χ3v) is 3.84. The molecule has 3 heteroatoms. The van der Waals surface area contributed by atoms with Crippen molar-refractivity contribution in [3.8, 4) is 5.75 Å². The molecule has 2 aromatic rings. The van der Waals surface area contributed by atoms with E-state index in [0.717, 1.165) is 18.4 Å². The molecule has 0 bridgehead atoms. The molecule has 0 fully saturated rings. The molecule has 2 nitrogen and oxygen atoms in total. The van der Waals surface area contributed by atoms with Crippen LogP contribution >= 0.6 is 0 Å². The number of aryl methyl sites for hydroxylation is 2. The molecule has 3 rings (SSSR count). The summed E-state index contributed by atoms with van der Waals surface area (Å²) in [5, 5.41) is 10.4. The van der Waals surface area contributed by atoms with Crippen LogP contribution < -0.4 is 4.74 Å². The van der Waals surface area contributed by atoms with Crippen molar-refractivity contribution in [1.82, 2.24) is 0 Å². The van der Waals surface area contributed by atoms with E-state index in [2.05, 4.69) is 0 Å². The van der Waals surface area contributed by atoms with Crippen molar-refractivity contribution in [2.24, 2.45) is 0 Å². The average molecular weight is 272 g/mol. The number of aliphatic hydroxyl groups is 1. The van der Waals surface area contributed by atoms with Crippen molar-refractivity contribution in [1.29, 1.82) is 0 Å². The van der Waals surface area contributed by atoms with Gasteiger partial charge in [0.25, 0.3) is 0 Å². The summed E-state index contributed by atoms with van der Waals surface area (Å²) >= 11 is 0. The lowest BCUT2D eigenvalue weighted by Crippen LogP contribution is -2.30. The van der Waals surface area contributed by atoms with Gasteiger partial charge in [-0.3, -0.25) is 0 Å². The van der Waals surface area contributed by atoms with E-state index in [1.165, 1.54) is 11.6 Å². The van der Waals surface area contributed by atoms with Crippen molar-refractivity contribution in [2.75, 3.05) is 0 Å². The van der Waals surface area contributed by atoms with Crippen LogP contribution in [-0.2, 0) is 6.42 Å². The van der Waals surface area contributed by atoms with Gasteiger partial charge in [0.2, 0.25) is 0 Å². The zero-order chi connectivity index (χ0) is 14.1. The fourth-order valence-corrected chi connectivity index (χ4v) is 2.69. The lowest BCUT2D eigenvalue weighted by atomic mass is 9.87. The van der Waals surface area contributed by atoms with Gasteiger partial charge in [0.1, 0.15) is 23.8 Å².